The highest BCUT2D eigenvalue weighted by molar-refractivity contribution is 5.25. The lowest BCUT2D eigenvalue weighted by Gasteiger charge is -2.16. The minimum Gasteiger partial charge on any atom is -0.383 e. The van der Waals surface area contributed by atoms with Gasteiger partial charge >= 0.3 is 0 Å². The first-order chi connectivity index (χ1) is 7.77. The van der Waals surface area contributed by atoms with Gasteiger partial charge in [0.05, 0.1) is 6.61 Å². The third-order valence-electron chi connectivity index (χ3n) is 2.88. The van der Waals surface area contributed by atoms with Crippen molar-refractivity contribution in [1.29, 1.82) is 0 Å². The first-order valence-electron chi connectivity index (χ1n) is 6.04. The van der Waals surface area contributed by atoms with Crippen LogP contribution in [0.2, 0.25) is 0 Å². The van der Waals surface area contributed by atoms with Crippen molar-refractivity contribution in [1.82, 2.24) is 5.32 Å². The highest BCUT2D eigenvalue weighted by Crippen LogP contribution is 2.19. The molecule has 0 amide bonds. The summed E-state index contributed by atoms with van der Waals surface area (Å²) >= 11 is 0. The lowest BCUT2D eigenvalue weighted by molar-refractivity contribution is 0.199. The summed E-state index contributed by atoms with van der Waals surface area (Å²) in [5, 5.41) is 3.43. The van der Waals surface area contributed by atoms with E-state index in [1.807, 2.05) is 0 Å². The number of benzene rings is 1. The van der Waals surface area contributed by atoms with Crippen molar-refractivity contribution in [3.8, 4) is 0 Å². The van der Waals surface area contributed by atoms with Crippen molar-refractivity contribution >= 4 is 0 Å². The third kappa shape index (κ3) is 4.33. The van der Waals surface area contributed by atoms with Gasteiger partial charge in [-0.15, -0.1) is 0 Å². The zero-order chi connectivity index (χ0) is 11.8. The van der Waals surface area contributed by atoms with Gasteiger partial charge in [-0.05, 0) is 24.8 Å². The van der Waals surface area contributed by atoms with Crippen LogP contribution in [-0.4, -0.2) is 26.8 Å². The molecule has 0 aromatic heterocycles. The van der Waals surface area contributed by atoms with E-state index in [0.29, 0.717) is 5.92 Å². The molecule has 2 heteroatoms. The Hall–Kier alpha value is -0.860. The predicted molar refractivity (Wildman–Crippen MR) is 69.0 cm³/mol. The Morgan fingerprint density at radius 1 is 1.38 bits per heavy atom. The largest absolute Gasteiger partial charge is 0.383 e. The molecule has 0 aliphatic rings. The molecule has 0 bridgehead atoms. The SMILES string of the molecule is CCC(CNCCOC)c1cccc(C)c1. The monoisotopic (exact) mass is 221 g/mol. The van der Waals surface area contributed by atoms with Gasteiger partial charge < -0.3 is 10.1 Å². The van der Waals surface area contributed by atoms with Crippen molar-refractivity contribution in [2.24, 2.45) is 0 Å². The molecule has 1 aromatic rings. The van der Waals surface area contributed by atoms with Gasteiger partial charge in [-0.2, -0.15) is 0 Å². The molecule has 1 atom stereocenters. The van der Waals surface area contributed by atoms with Gasteiger partial charge in [0.1, 0.15) is 0 Å². The first-order valence-corrected chi connectivity index (χ1v) is 6.04. The molecule has 2 nitrogen and oxygen atoms in total. The van der Waals surface area contributed by atoms with Gasteiger partial charge in [0.15, 0.2) is 0 Å². The summed E-state index contributed by atoms with van der Waals surface area (Å²) in [7, 11) is 1.74. The average Bonchev–Trinajstić information content (AvgIpc) is 2.29. The lowest BCUT2D eigenvalue weighted by atomic mass is 9.95. The maximum absolute atomic E-state index is 5.02. The number of ether oxygens (including phenoxy) is 1. The minimum absolute atomic E-state index is 0.608. The molecular formula is C14H23NO. The van der Waals surface area contributed by atoms with Crippen LogP contribution in [0, 0.1) is 6.92 Å². The second kappa shape index (κ2) is 7.42. The van der Waals surface area contributed by atoms with Crippen LogP contribution in [0.3, 0.4) is 0 Å². The summed E-state index contributed by atoms with van der Waals surface area (Å²) in [5.74, 6) is 0.608. The number of hydrogen-bond donors (Lipinski definition) is 1. The molecule has 0 radical (unpaired) electrons. The standard InChI is InChI=1S/C14H23NO/c1-4-13(11-15-8-9-16-3)14-7-5-6-12(2)10-14/h5-7,10,13,15H,4,8-9,11H2,1-3H3. The molecule has 1 aromatic carbocycles. The van der Waals surface area contributed by atoms with Gasteiger partial charge in [0, 0.05) is 20.2 Å². The van der Waals surface area contributed by atoms with Crippen LogP contribution in [0.1, 0.15) is 30.4 Å². The summed E-state index contributed by atoms with van der Waals surface area (Å²) < 4.78 is 5.02. The summed E-state index contributed by atoms with van der Waals surface area (Å²) in [5.41, 5.74) is 2.78. The van der Waals surface area contributed by atoms with Gasteiger partial charge in [0.25, 0.3) is 0 Å². The van der Waals surface area contributed by atoms with Gasteiger partial charge in [0.2, 0.25) is 0 Å². The Labute approximate surface area is 99.0 Å². The van der Waals surface area contributed by atoms with Gasteiger partial charge in [-0.25, -0.2) is 0 Å². The zero-order valence-electron chi connectivity index (χ0n) is 10.6. The number of nitrogens with one attached hydrogen (secondary N) is 1. The Bertz CT molecular complexity index is 299. The van der Waals surface area contributed by atoms with E-state index in [2.05, 4.69) is 43.4 Å². The molecule has 16 heavy (non-hydrogen) atoms. The van der Waals surface area contributed by atoms with E-state index >= 15 is 0 Å². The van der Waals surface area contributed by atoms with E-state index in [0.717, 1.165) is 19.7 Å². The maximum atomic E-state index is 5.02. The van der Waals surface area contributed by atoms with Crippen molar-refractivity contribution in [3.05, 3.63) is 35.4 Å². The van der Waals surface area contributed by atoms with E-state index < -0.39 is 0 Å². The molecule has 0 spiro atoms. The molecule has 1 N–H and O–H groups in total. The average molecular weight is 221 g/mol. The van der Waals surface area contributed by atoms with Gasteiger partial charge in [-0.3, -0.25) is 0 Å². The highest BCUT2D eigenvalue weighted by atomic mass is 16.5. The molecule has 0 fully saturated rings. The van der Waals surface area contributed by atoms with Crippen molar-refractivity contribution in [3.63, 3.8) is 0 Å². The summed E-state index contributed by atoms with van der Waals surface area (Å²) in [4.78, 5) is 0. The summed E-state index contributed by atoms with van der Waals surface area (Å²) in [6.07, 6.45) is 1.17. The molecule has 1 unspecified atom stereocenters. The van der Waals surface area contributed by atoms with Crippen molar-refractivity contribution in [2.75, 3.05) is 26.8 Å². The molecule has 0 aliphatic carbocycles. The smallest absolute Gasteiger partial charge is 0.0587 e. The Morgan fingerprint density at radius 3 is 2.81 bits per heavy atom. The number of methoxy groups -OCH3 is 1. The number of hydrogen-bond acceptors (Lipinski definition) is 2. The molecule has 1 rings (SSSR count). The first kappa shape index (κ1) is 13.2. The lowest BCUT2D eigenvalue weighted by Crippen LogP contribution is -2.24. The fourth-order valence-electron chi connectivity index (χ4n) is 1.87. The molecular weight excluding hydrogens is 198 g/mol. The second-order valence-corrected chi connectivity index (χ2v) is 4.22. The normalized spacial score (nSPS) is 12.7. The minimum atomic E-state index is 0.608. The molecule has 90 valence electrons. The van der Waals surface area contributed by atoms with Crippen LogP contribution in [0.25, 0.3) is 0 Å². The quantitative estimate of drug-likeness (QED) is 0.715. The highest BCUT2D eigenvalue weighted by Gasteiger charge is 2.08. The van der Waals surface area contributed by atoms with Crippen LogP contribution in [0.4, 0.5) is 0 Å². The third-order valence-corrected chi connectivity index (χ3v) is 2.88. The van der Waals surface area contributed by atoms with Crippen LogP contribution in [-0.2, 0) is 4.74 Å². The Morgan fingerprint density at radius 2 is 2.19 bits per heavy atom. The topological polar surface area (TPSA) is 21.3 Å². The number of aryl methyl sites for hydroxylation is 1. The molecule has 0 aliphatic heterocycles. The van der Waals surface area contributed by atoms with E-state index in [1.54, 1.807) is 7.11 Å². The summed E-state index contributed by atoms with van der Waals surface area (Å²) in [6, 6.07) is 8.79. The van der Waals surface area contributed by atoms with Crippen LogP contribution in [0.15, 0.2) is 24.3 Å². The van der Waals surface area contributed by atoms with Crippen molar-refractivity contribution < 1.29 is 4.74 Å². The van der Waals surface area contributed by atoms with Crippen LogP contribution >= 0.6 is 0 Å². The fourth-order valence-corrected chi connectivity index (χ4v) is 1.87. The fraction of sp³-hybridized carbons (Fsp3) is 0.571. The Balaban J connectivity index is 2.47. The summed E-state index contributed by atoms with van der Waals surface area (Å²) in [6.45, 7) is 7.13. The predicted octanol–water partition coefficient (Wildman–Crippen LogP) is 2.72. The van der Waals surface area contributed by atoms with E-state index in [4.69, 9.17) is 4.74 Å². The zero-order valence-corrected chi connectivity index (χ0v) is 10.6. The van der Waals surface area contributed by atoms with E-state index in [9.17, 15) is 0 Å². The maximum Gasteiger partial charge on any atom is 0.0587 e. The van der Waals surface area contributed by atoms with E-state index in [-0.39, 0.29) is 0 Å². The van der Waals surface area contributed by atoms with E-state index in [1.165, 1.54) is 17.5 Å². The number of rotatable bonds is 7. The molecule has 0 saturated heterocycles. The Kier molecular flexibility index (Phi) is 6.12. The van der Waals surface area contributed by atoms with Gasteiger partial charge in [-0.1, -0.05) is 36.8 Å². The second-order valence-electron chi connectivity index (χ2n) is 4.22. The molecule has 0 heterocycles. The van der Waals surface area contributed by atoms with Crippen LogP contribution in [0.5, 0.6) is 0 Å². The van der Waals surface area contributed by atoms with Crippen molar-refractivity contribution in [2.45, 2.75) is 26.2 Å². The molecule has 0 saturated carbocycles. The van der Waals surface area contributed by atoms with Crippen LogP contribution < -0.4 is 5.32 Å².